The molecule has 1 aromatic rings. The summed E-state index contributed by atoms with van der Waals surface area (Å²) in [5.74, 6) is -0.905. The van der Waals surface area contributed by atoms with Crippen molar-refractivity contribution in [3.8, 4) is 0 Å². The highest BCUT2D eigenvalue weighted by Crippen LogP contribution is 2.18. The lowest BCUT2D eigenvalue weighted by molar-refractivity contribution is -0.130. The van der Waals surface area contributed by atoms with Gasteiger partial charge in [-0.05, 0) is 45.4 Å². The van der Waals surface area contributed by atoms with Crippen LogP contribution in [0.25, 0.3) is 0 Å². The van der Waals surface area contributed by atoms with E-state index in [1.54, 1.807) is 19.1 Å². The fourth-order valence-corrected chi connectivity index (χ4v) is 2.05. The molecular weight excluding hydrogens is 336 g/mol. The Morgan fingerprint density at radius 1 is 1.38 bits per heavy atom. The lowest BCUT2D eigenvalue weighted by atomic mass is 10.0. The summed E-state index contributed by atoms with van der Waals surface area (Å²) >= 11 is 3.26. The summed E-state index contributed by atoms with van der Waals surface area (Å²) < 4.78 is 5.85. The van der Waals surface area contributed by atoms with Gasteiger partial charge in [0.2, 0.25) is 0 Å². The number of nitrogen functional groups attached to an aromatic ring is 1. The number of nitrogens with two attached hydrogens (primary N) is 1. The van der Waals surface area contributed by atoms with Crippen LogP contribution < -0.4 is 11.1 Å². The Balaban J connectivity index is 2.71. The van der Waals surface area contributed by atoms with E-state index in [4.69, 9.17) is 10.5 Å². The topological polar surface area (TPSA) is 81.4 Å². The van der Waals surface area contributed by atoms with E-state index in [-0.39, 0.29) is 11.4 Å². The van der Waals surface area contributed by atoms with Crippen LogP contribution in [0.2, 0.25) is 0 Å². The molecule has 1 aromatic carbocycles. The smallest absolute Gasteiger partial charge is 0.339 e. The van der Waals surface area contributed by atoms with E-state index in [2.05, 4.69) is 21.2 Å². The maximum atomic E-state index is 12.0. The van der Waals surface area contributed by atoms with Crippen molar-refractivity contribution in [2.75, 3.05) is 5.73 Å². The lowest BCUT2D eigenvalue weighted by Crippen LogP contribution is -2.47. The van der Waals surface area contributed by atoms with Crippen LogP contribution in [0.5, 0.6) is 0 Å². The molecule has 0 heterocycles. The maximum absolute atomic E-state index is 12.0. The van der Waals surface area contributed by atoms with Crippen molar-refractivity contribution in [1.82, 2.24) is 5.32 Å². The van der Waals surface area contributed by atoms with E-state index in [9.17, 15) is 9.59 Å². The second kappa shape index (κ2) is 6.93. The van der Waals surface area contributed by atoms with Gasteiger partial charge < -0.3 is 15.8 Å². The number of carbonyl (C=O) groups is 2. The molecule has 0 aliphatic heterocycles. The minimum Gasteiger partial charge on any atom is -0.449 e. The van der Waals surface area contributed by atoms with Gasteiger partial charge in [-0.25, -0.2) is 4.79 Å². The molecule has 0 bridgehead atoms. The summed E-state index contributed by atoms with van der Waals surface area (Å²) in [5, 5.41) is 2.84. The first-order valence-corrected chi connectivity index (χ1v) is 7.53. The Kier molecular flexibility index (Phi) is 5.78. The number of halogens is 1. The van der Waals surface area contributed by atoms with E-state index in [0.717, 1.165) is 6.42 Å². The molecule has 0 saturated carbocycles. The molecule has 1 rings (SSSR count). The van der Waals surface area contributed by atoms with Gasteiger partial charge in [0.05, 0.1) is 5.56 Å². The Bertz CT molecular complexity index is 523. The van der Waals surface area contributed by atoms with Crippen LogP contribution in [0.1, 0.15) is 44.5 Å². The van der Waals surface area contributed by atoms with E-state index in [0.29, 0.717) is 15.7 Å². The number of ether oxygens (including phenoxy) is 1. The van der Waals surface area contributed by atoms with Crippen LogP contribution in [0.4, 0.5) is 5.69 Å². The summed E-state index contributed by atoms with van der Waals surface area (Å²) in [5.41, 5.74) is 6.08. The zero-order chi connectivity index (χ0) is 16.2. The van der Waals surface area contributed by atoms with Gasteiger partial charge in [-0.3, -0.25) is 4.79 Å². The van der Waals surface area contributed by atoms with Crippen LogP contribution in [0.15, 0.2) is 22.7 Å². The molecule has 1 atom stereocenters. The summed E-state index contributed by atoms with van der Waals surface area (Å²) in [6, 6.07) is 4.78. The van der Waals surface area contributed by atoms with Crippen LogP contribution in [-0.2, 0) is 9.53 Å². The minimum atomic E-state index is -0.872. The van der Waals surface area contributed by atoms with Crippen LogP contribution in [-0.4, -0.2) is 23.5 Å². The van der Waals surface area contributed by atoms with Crippen molar-refractivity contribution in [2.24, 2.45) is 0 Å². The molecule has 116 valence electrons. The summed E-state index contributed by atoms with van der Waals surface area (Å²) in [4.78, 5) is 24.0. The second-order valence-corrected chi connectivity index (χ2v) is 6.46. The van der Waals surface area contributed by atoms with Gasteiger partial charge in [-0.1, -0.05) is 22.9 Å². The average molecular weight is 357 g/mol. The number of hydrogen-bond donors (Lipinski definition) is 2. The Hall–Kier alpha value is -1.56. The van der Waals surface area contributed by atoms with Crippen molar-refractivity contribution >= 4 is 33.5 Å². The first kappa shape index (κ1) is 17.5. The number of benzene rings is 1. The molecule has 0 fully saturated rings. The Labute approximate surface area is 133 Å². The number of anilines is 1. The third-order valence-electron chi connectivity index (χ3n) is 3.15. The lowest BCUT2D eigenvalue weighted by Gasteiger charge is -2.26. The van der Waals surface area contributed by atoms with Crippen molar-refractivity contribution in [3.63, 3.8) is 0 Å². The molecule has 0 aliphatic carbocycles. The zero-order valence-electron chi connectivity index (χ0n) is 12.7. The summed E-state index contributed by atoms with van der Waals surface area (Å²) in [6.07, 6.45) is -0.0924. The normalized spacial score (nSPS) is 12.6. The predicted molar refractivity (Wildman–Crippen MR) is 85.9 cm³/mol. The number of rotatable bonds is 5. The van der Waals surface area contributed by atoms with Crippen molar-refractivity contribution in [2.45, 2.75) is 45.8 Å². The number of hydrogen-bond acceptors (Lipinski definition) is 4. The highest BCUT2D eigenvalue weighted by atomic mass is 79.9. The van der Waals surface area contributed by atoms with Crippen LogP contribution in [0, 0.1) is 0 Å². The van der Waals surface area contributed by atoms with Crippen molar-refractivity contribution in [1.29, 1.82) is 0 Å². The third kappa shape index (κ3) is 5.38. The molecule has 0 spiro atoms. The monoisotopic (exact) mass is 356 g/mol. The standard InChI is InChI=1S/C15H21BrN2O3/c1-5-15(3,4)18-13(19)9(2)21-14(20)10-6-11(16)8-12(17)7-10/h6-9H,5,17H2,1-4H3,(H,18,19). The highest BCUT2D eigenvalue weighted by molar-refractivity contribution is 9.10. The molecular formula is C15H21BrN2O3. The molecule has 0 radical (unpaired) electrons. The largest absolute Gasteiger partial charge is 0.449 e. The first-order chi connectivity index (χ1) is 9.64. The van der Waals surface area contributed by atoms with Gasteiger partial charge in [0, 0.05) is 15.7 Å². The molecule has 3 N–H and O–H groups in total. The molecule has 1 amide bonds. The summed E-state index contributed by atoms with van der Waals surface area (Å²) in [6.45, 7) is 7.34. The fraction of sp³-hybridized carbons (Fsp3) is 0.467. The van der Waals surface area contributed by atoms with E-state index in [1.165, 1.54) is 6.07 Å². The number of nitrogens with one attached hydrogen (secondary N) is 1. The molecule has 1 unspecified atom stereocenters. The number of esters is 1. The van der Waals surface area contributed by atoms with Crippen LogP contribution >= 0.6 is 15.9 Å². The second-order valence-electron chi connectivity index (χ2n) is 5.55. The highest BCUT2D eigenvalue weighted by Gasteiger charge is 2.24. The van der Waals surface area contributed by atoms with Crippen molar-refractivity contribution in [3.05, 3.63) is 28.2 Å². The molecule has 5 nitrogen and oxygen atoms in total. The van der Waals surface area contributed by atoms with Gasteiger partial charge in [0.15, 0.2) is 6.10 Å². The molecule has 0 aliphatic rings. The number of carbonyl (C=O) groups excluding carboxylic acids is 2. The summed E-state index contributed by atoms with van der Waals surface area (Å²) in [7, 11) is 0. The van der Waals surface area contributed by atoms with E-state index in [1.807, 2.05) is 20.8 Å². The van der Waals surface area contributed by atoms with Crippen molar-refractivity contribution < 1.29 is 14.3 Å². The Morgan fingerprint density at radius 2 is 2.00 bits per heavy atom. The van der Waals surface area contributed by atoms with Gasteiger partial charge >= 0.3 is 5.97 Å². The predicted octanol–water partition coefficient (Wildman–Crippen LogP) is 2.88. The Morgan fingerprint density at radius 3 is 2.52 bits per heavy atom. The SMILES string of the molecule is CCC(C)(C)NC(=O)C(C)OC(=O)c1cc(N)cc(Br)c1. The van der Waals surface area contributed by atoms with Gasteiger partial charge in [0.1, 0.15) is 0 Å². The van der Waals surface area contributed by atoms with Crippen LogP contribution in [0.3, 0.4) is 0 Å². The zero-order valence-corrected chi connectivity index (χ0v) is 14.3. The molecule has 21 heavy (non-hydrogen) atoms. The molecule has 0 aromatic heterocycles. The third-order valence-corrected chi connectivity index (χ3v) is 3.61. The van der Waals surface area contributed by atoms with Gasteiger partial charge in [0.25, 0.3) is 5.91 Å². The van der Waals surface area contributed by atoms with E-state index < -0.39 is 12.1 Å². The van der Waals surface area contributed by atoms with E-state index >= 15 is 0 Å². The maximum Gasteiger partial charge on any atom is 0.339 e. The minimum absolute atomic E-state index is 0.302. The quantitative estimate of drug-likeness (QED) is 0.627. The molecule has 6 heteroatoms. The average Bonchev–Trinajstić information content (AvgIpc) is 2.36. The fourth-order valence-electron chi connectivity index (χ4n) is 1.54. The molecule has 0 saturated heterocycles. The van der Waals surface area contributed by atoms with Gasteiger partial charge in [-0.2, -0.15) is 0 Å². The number of amides is 1. The first-order valence-electron chi connectivity index (χ1n) is 6.73. The van der Waals surface area contributed by atoms with Gasteiger partial charge in [-0.15, -0.1) is 0 Å².